The molecule has 2 aromatic carbocycles. The maximum atomic E-state index is 12.5. The van der Waals surface area contributed by atoms with Crippen LogP contribution < -0.4 is 19.6 Å². The number of ether oxygens (including phenoxy) is 3. The Balaban J connectivity index is 2.24. The van der Waals surface area contributed by atoms with Crippen LogP contribution in [0.15, 0.2) is 35.4 Å². The first-order valence-corrected chi connectivity index (χ1v) is 9.62. The summed E-state index contributed by atoms with van der Waals surface area (Å²) in [6.45, 7) is 6.64. The summed E-state index contributed by atoms with van der Waals surface area (Å²) in [5.41, 5.74) is 2.79. The van der Waals surface area contributed by atoms with Gasteiger partial charge >= 0.3 is 0 Å². The van der Waals surface area contributed by atoms with Gasteiger partial charge in [0.05, 0.1) is 31.0 Å². The molecule has 0 aliphatic carbocycles. The molecule has 0 fully saturated rings. The summed E-state index contributed by atoms with van der Waals surface area (Å²) < 4.78 is 16.8. The molecule has 0 heterocycles. The fourth-order valence-electron chi connectivity index (χ4n) is 2.50. The first-order chi connectivity index (χ1) is 14.4. The van der Waals surface area contributed by atoms with Crippen molar-refractivity contribution in [1.29, 1.82) is 0 Å². The van der Waals surface area contributed by atoms with E-state index in [1.54, 1.807) is 6.07 Å². The maximum Gasteiger partial charge on any atom is 0.288 e. The van der Waals surface area contributed by atoms with Gasteiger partial charge in [0.25, 0.3) is 11.6 Å². The quantitative estimate of drug-likeness (QED) is 0.340. The Hall–Kier alpha value is -3.33. The molecule has 0 radical (unpaired) electrons. The zero-order valence-corrected chi connectivity index (χ0v) is 17.6. The molecule has 30 heavy (non-hydrogen) atoms. The van der Waals surface area contributed by atoms with E-state index in [9.17, 15) is 14.9 Å². The molecule has 1 amide bonds. The van der Waals surface area contributed by atoms with Gasteiger partial charge < -0.3 is 14.2 Å². The van der Waals surface area contributed by atoms with Crippen LogP contribution in [0.25, 0.3) is 0 Å². The predicted molar refractivity (Wildman–Crippen MR) is 113 cm³/mol. The number of carbonyl (C=O) groups excluding carboxylic acids is 1. The van der Waals surface area contributed by atoms with E-state index in [0.717, 1.165) is 0 Å². The van der Waals surface area contributed by atoms with E-state index in [1.165, 1.54) is 30.5 Å². The van der Waals surface area contributed by atoms with E-state index >= 15 is 0 Å². The molecule has 0 saturated carbocycles. The minimum atomic E-state index is -0.595. The smallest absolute Gasteiger partial charge is 0.288 e. The molecule has 0 spiro atoms. The molecular weight excluding hydrogens is 414 g/mol. The number of hydrazone groups is 1. The van der Waals surface area contributed by atoms with Crippen LogP contribution in [0.2, 0.25) is 5.02 Å². The van der Waals surface area contributed by atoms with E-state index in [-0.39, 0.29) is 16.3 Å². The summed E-state index contributed by atoms with van der Waals surface area (Å²) in [6, 6.07) is 7.26. The van der Waals surface area contributed by atoms with Crippen LogP contribution in [-0.4, -0.2) is 36.9 Å². The van der Waals surface area contributed by atoms with Gasteiger partial charge in [-0.15, -0.1) is 0 Å². The number of nitro groups is 1. The molecule has 0 atom stereocenters. The normalized spacial score (nSPS) is 10.7. The molecule has 0 aromatic heterocycles. The van der Waals surface area contributed by atoms with Gasteiger partial charge in [0.1, 0.15) is 5.02 Å². The molecule has 2 aromatic rings. The second kappa shape index (κ2) is 11.0. The lowest BCUT2D eigenvalue weighted by Crippen LogP contribution is -2.18. The summed E-state index contributed by atoms with van der Waals surface area (Å²) in [5.74, 6) is 0.676. The van der Waals surface area contributed by atoms with Crippen LogP contribution in [0.1, 0.15) is 36.7 Å². The Morgan fingerprint density at radius 1 is 1.10 bits per heavy atom. The molecule has 1 N–H and O–H groups in total. The van der Waals surface area contributed by atoms with Crippen LogP contribution in [-0.2, 0) is 0 Å². The zero-order chi connectivity index (χ0) is 22.1. The Morgan fingerprint density at radius 2 is 1.70 bits per heavy atom. The van der Waals surface area contributed by atoms with Gasteiger partial charge in [-0.3, -0.25) is 14.9 Å². The molecule has 0 bridgehead atoms. The van der Waals surface area contributed by atoms with E-state index in [4.69, 9.17) is 25.8 Å². The average molecular weight is 436 g/mol. The van der Waals surface area contributed by atoms with Crippen LogP contribution in [0, 0.1) is 10.1 Å². The Kier molecular flexibility index (Phi) is 8.42. The highest BCUT2D eigenvalue weighted by atomic mass is 35.5. The first-order valence-electron chi connectivity index (χ1n) is 9.24. The summed E-state index contributed by atoms with van der Waals surface area (Å²) in [5, 5.41) is 14.8. The number of rotatable bonds is 10. The van der Waals surface area contributed by atoms with Crippen molar-refractivity contribution in [1.82, 2.24) is 5.43 Å². The number of amides is 1. The van der Waals surface area contributed by atoms with Crippen molar-refractivity contribution < 1.29 is 23.9 Å². The third-order valence-corrected chi connectivity index (χ3v) is 4.04. The van der Waals surface area contributed by atoms with Gasteiger partial charge in [-0.05, 0) is 39.0 Å². The largest absolute Gasteiger partial charge is 0.490 e. The number of nitrogens with zero attached hydrogens (tertiary/aromatic N) is 2. The summed E-state index contributed by atoms with van der Waals surface area (Å²) >= 11 is 5.78. The van der Waals surface area contributed by atoms with Gasteiger partial charge in [0.2, 0.25) is 5.75 Å². The fraction of sp³-hybridized carbons (Fsp3) is 0.300. The second-order valence-electron chi connectivity index (χ2n) is 5.77. The van der Waals surface area contributed by atoms with Crippen molar-refractivity contribution in [2.24, 2.45) is 5.10 Å². The monoisotopic (exact) mass is 435 g/mol. The molecule has 160 valence electrons. The molecule has 9 nitrogen and oxygen atoms in total. The van der Waals surface area contributed by atoms with Gasteiger partial charge in [0, 0.05) is 17.2 Å². The average Bonchev–Trinajstić information content (AvgIpc) is 2.71. The van der Waals surface area contributed by atoms with Crippen molar-refractivity contribution in [2.45, 2.75) is 20.8 Å². The molecule has 0 aliphatic rings. The summed E-state index contributed by atoms with van der Waals surface area (Å²) in [4.78, 5) is 22.9. The van der Waals surface area contributed by atoms with Crippen molar-refractivity contribution in [3.63, 3.8) is 0 Å². The number of nitro benzene ring substituents is 1. The third-order valence-electron chi connectivity index (χ3n) is 3.72. The molecular formula is C20H22ClN3O6. The first kappa shape index (κ1) is 23.0. The topological polar surface area (TPSA) is 112 Å². The van der Waals surface area contributed by atoms with E-state index in [0.29, 0.717) is 42.6 Å². The van der Waals surface area contributed by atoms with Crippen molar-refractivity contribution in [3.8, 4) is 17.2 Å². The highest BCUT2D eigenvalue weighted by molar-refractivity contribution is 6.32. The number of carbonyl (C=O) groups is 1. The Morgan fingerprint density at radius 3 is 2.23 bits per heavy atom. The number of halogens is 1. The van der Waals surface area contributed by atoms with Gasteiger partial charge in [-0.1, -0.05) is 17.7 Å². The van der Waals surface area contributed by atoms with E-state index < -0.39 is 10.8 Å². The van der Waals surface area contributed by atoms with Gasteiger partial charge in [-0.25, -0.2) is 5.43 Å². The van der Waals surface area contributed by atoms with Crippen LogP contribution >= 0.6 is 11.6 Å². The van der Waals surface area contributed by atoms with E-state index in [1.807, 2.05) is 20.8 Å². The van der Waals surface area contributed by atoms with Crippen molar-refractivity contribution in [2.75, 3.05) is 19.8 Å². The zero-order valence-electron chi connectivity index (χ0n) is 16.8. The fourth-order valence-corrected chi connectivity index (χ4v) is 2.69. The lowest BCUT2D eigenvalue weighted by atomic mass is 10.1. The highest BCUT2D eigenvalue weighted by Crippen LogP contribution is 2.39. The number of hydrogen-bond donors (Lipinski definition) is 1. The van der Waals surface area contributed by atoms with Gasteiger partial charge in [0.15, 0.2) is 11.5 Å². The lowest BCUT2D eigenvalue weighted by molar-refractivity contribution is -0.384. The molecule has 0 saturated heterocycles. The second-order valence-corrected chi connectivity index (χ2v) is 6.17. The maximum absolute atomic E-state index is 12.5. The van der Waals surface area contributed by atoms with Crippen molar-refractivity contribution in [3.05, 3.63) is 56.6 Å². The summed E-state index contributed by atoms with van der Waals surface area (Å²) in [6.07, 6.45) is 1.28. The van der Waals surface area contributed by atoms with Gasteiger partial charge in [-0.2, -0.15) is 5.10 Å². The predicted octanol–water partition coefficient (Wildman–Crippen LogP) is 4.21. The van der Waals surface area contributed by atoms with Crippen LogP contribution in [0.3, 0.4) is 0 Å². The highest BCUT2D eigenvalue weighted by Gasteiger charge is 2.18. The Labute approximate surface area is 178 Å². The molecule has 2 rings (SSSR count). The SMILES string of the molecule is CCOc1cc(C(=O)N/N=C/c2ccc(Cl)c([N+](=O)[O-])c2)cc(OCC)c1OCC. The standard InChI is InChI=1S/C20H22ClN3O6/c1-4-28-17-10-14(11-18(29-5-2)19(17)30-6-3)20(25)23-22-12-13-7-8-15(21)16(9-13)24(26)27/h7-12H,4-6H2,1-3H3,(H,23,25)/b22-12+. The van der Waals surface area contributed by atoms with Crippen LogP contribution in [0.4, 0.5) is 5.69 Å². The molecule has 10 heteroatoms. The minimum Gasteiger partial charge on any atom is -0.490 e. The number of benzene rings is 2. The third kappa shape index (κ3) is 5.84. The van der Waals surface area contributed by atoms with Crippen molar-refractivity contribution >= 4 is 29.4 Å². The Bertz CT molecular complexity index is 921. The minimum absolute atomic E-state index is 0.0162. The molecule has 0 unspecified atom stereocenters. The summed E-state index contributed by atoms with van der Waals surface area (Å²) in [7, 11) is 0. The number of nitrogens with one attached hydrogen (secondary N) is 1. The molecule has 0 aliphatic heterocycles. The number of hydrogen-bond acceptors (Lipinski definition) is 7. The van der Waals surface area contributed by atoms with Crippen LogP contribution in [0.5, 0.6) is 17.2 Å². The lowest BCUT2D eigenvalue weighted by Gasteiger charge is -2.16. The van der Waals surface area contributed by atoms with E-state index in [2.05, 4.69) is 10.5 Å².